The SMILES string of the molecule is COc1cccc([C@@H]2OC(c3ccc(OCCCO)cc3)=N[C@]2(Cc2ccc(Br)cc2)C(=O)NNCC(C)C)c1. The minimum atomic E-state index is -1.31. The highest BCUT2D eigenvalue weighted by molar-refractivity contribution is 9.10. The Morgan fingerprint density at radius 1 is 1.10 bits per heavy atom. The van der Waals surface area contributed by atoms with Gasteiger partial charge in [0.25, 0.3) is 5.91 Å². The lowest BCUT2D eigenvalue weighted by Crippen LogP contribution is -2.54. The van der Waals surface area contributed by atoms with Crippen molar-refractivity contribution in [3.05, 3.63) is 94.0 Å². The van der Waals surface area contributed by atoms with Crippen LogP contribution < -0.4 is 20.3 Å². The maximum Gasteiger partial charge on any atom is 0.266 e. The van der Waals surface area contributed by atoms with Gasteiger partial charge in [-0.3, -0.25) is 10.2 Å². The van der Waals surface area contributed by atoms with Crippen LogP contribution in [0.2, 0.25) is 0 Å². The van der Waals surface area contributed by atoms with Gasteiger partial charge < -0.3 is 19.3 Å². The second-order valence-electron chi connectivity index (χ2n) is 10.1. The summed E-state index contributed by atoms with van der Waals surface area (Å²) in [6.45, 7) is 5.25. The van der Waals surface area contributed by atoms with Gasteiger partial charge in [-0.25, -0.2) is 10.4 Å². The zero-order chi connectivity index (χ0) is 28.5. The first kappa shape index (κ1) is 29.6. The molecule has 0 aromatic heterocycles. The van der Waals surface area contributed by atoms with Crippen molar-refractivity contribution in [2.24, 2.45) is 10.9 Å². The molecule has 1 aliphatic heterocycles. The van der Waals surface area contributed by atoms with Crippen LogP contribution in [0.1, 0.15) is 43.1 Å². The number of aliphatic hydroxyl groups excluding tert-OH is 1. The molecule has 40 heavy (non-hydrogen) atoms. The number of aliphatic hydroxyl groups is 1. The molecule has 0 bridgehead atoms. The molecule has 1 amide bonds. The lowest BCUT2D eigenvalue weighted by atomic mass is 9.82. The number of nitrogens with one attached hydrogen (secondary N) is 2. The molecule has 0 saturated carbocycles. The minimum Gasteiger partial charge on any atom is -0.497 e. The molecule has 3 N–H and O–H groups in total. The molecular formula is C31H36BrN3O5. The molecule has 9 heteroatoms. The summed E-state index contributed by atoms with van der Waals surface area (Å²) in [5.41, 5.74) is 7.11. The molecule has 4 rings (SSSR count). The Kier molecular flexibility index (Phi) is 10.2. The van der Waals surface area contributed by atoms with Gasteiger partial charge in [0.05, 0.1) is 13.7 Å². The van der Waals surface area contributed by atoms with E-state index < -0.39 is 11.6 Å². The van der Waals surface area contributed by atoms with Crippen LogP contribution in [-0.4, -0.2) is 49.3 Å². The van der Waals surface area contributed by atoms with Gasteiger partial charge in [0.15, 0.2) is 11.6 Å². The summed E-state index contributed by atoms with van der Waals surface area (Å²) >= 11 is 3.50. The second kappa shape index (κ2) is 13.8. The van der Waals surface area contributed by atoms with Crippen LogP contribution in [0.15, 0.2) is 82.3 Å². The van der Waals surface area contributed by atoms with Gasteiger partial charge in [-0.15, -0.1) is 0 Å². The van der Waals surface area contributed by atoms with Gasteiger partial charge >= 0.3 is 0 Å². The van der Waals surface area contributed by atoms with E-state index in [9.17, 15) is 4.79 Å². The number of ether oxygens (including phenoxy) is 3. The van der Waals surface area contributed by atoms with Gasteiger partial charge in [0.1, 0.15) is 11.5 Å². The van der Waals surface area contributed by atoms with Crippen molar-refractivity contribution in [1.29, 1.82) is 0 Å². The van der Waals surface area contributed by atoms with E-state index in [-0.39, 0.29) is 12.5 Å². The highest BCUT2D eigenvalue weighted by atomic mass is 79.9. The minimum absolute atomic E-state index is 0.0723. The summed E-state index contributed by atoms with van der Waals surface area (Å²) < 4.78 is 18.7. The average molecular weight is 611 g/mol. The number of aliphatic imine (C=N–C) groups is 1. The Bertz CT molecular complexity index is 1300. The van der Waals surface area contributed by atoms with E-state index in [4.69, 9.17) is 24.3 Å². The molecule has 2 atom stereocenters. The van der Waals surface area contributed by atoms with Crippen molar-refractivity contribution in [1.82, 2.24) is 10.9 Å². The van der Waals surface area contributed by atoms with E-state index in [0.29, 0.717) is 49.3 Å². The molecule has 0 radical (unpaired) electrons. The molecule has 8 nitrogen and oxygen atoms in total. The van der Waals surface area contributed by atoms with E-state index in [2.05, 4.69) is 40.6 Å². The average Bonchev–Trinajstić information content (AvgIpc) is 3.35. The smallest absolute Gasteiger partial charge is 0.266 e. The Balaban J connectivity index is 1.77. The molecule has 3 aromatic rings. The molecule has 1 heterocycles. The van der Waals surface area contributed by atoms with Crippen molar-refractivity contribution in [2.45, 2.75) is 38.3 Å². The van der Waals surface area contributed by atoms with Crippen LogP contribution in [0.25, 0.3) is 0 Å². The fourth-order valence-electron chi connectivity index (χ4n) is 4.44. The first-order valence-corrected chi connectivity index (χ1v) is 14.2. The van der Waals surface area contributed by atoms with Crippen molar-refractivity contribution in [2.75, 3.05) is 26.9 Å². The number of carbonyl (C=O) groups is 1. The number of hydrazine groups is 1. The molecular weight excluding hydrogens is 574 g/mol. The van der Waals surface area contributed by atoms with Gasteiger partial charge in [-0.2, -0.15) is 0 Å². The number of hydrogen-bond donors (Lipinski definition) is 3. The summed E-state index contributed by atoms with van der Waals surface area (Å²) in [6.07, 6.45) is 0.143. The Morgan fingerprint density at radius 2 is 1.85 bits per heavy atom. The van der Waals surface area contributed by atoms with Crippen LogP contribution in [0.3, 0.4) is 0 Å². The van der Waals surface area contributed by atoms with Crippen LogP contribution in [0, 0.1) is 5.92 Å². The highest BCUT2D eigenvalue weighted by Crippen LogP contribution is 2.43. The predicted molar refractivity (Wildman–Crippen MR) is 159 cm³/mol. The van der Waals surface area contributed by atoms with Gasteiger partial charge in [-0.1, -0.05) is 54.0 Å². The van der Waals surface area contributed by atoms with E-state index in [0.717, 1.165) is 21.2 Å². The third-order valence-corrected chi connectivity index (χ3v) is 7.05. The molecule has 0 fully saturated rings. The molecule has 0 unspecified atom stereocenters. The number of nitrogens with zero attached hydrogens (tertiary/aromatic N) is 1. The number of rotatable bonds is 13. The third-order valence-electron chi connectivity index (χ3n) is 6.53. The van der Waals surface area contributed by atoms with Crippen LogP contribution in [0.5, 0.6) is 11.5 Å². The summed E-state index contributed by atoms with van der Waals surface area (Å²) in [5, 5.41) is 9.02. The quantitative estimate of drug-likeness (QED) is 0.186. The number of benzene rings is 3. The van der Waals surface area contributed by atoms with Crippen molar-refractivity contribution < 1.29 is 24.1 Å². The molecule has 212 valence electrons. The lowest BCUT2D eigenvalue weighted by Gasteiger charge is -2.31. The topological polar surface area (TPSA) is 101 Å². The number of halogens is 1. The van der Waals surface area contributed by atoms with Crippen LogP contribution in [-0.2, 0) is 16.0 Å². The first-order valence-electron chi connectivity index (χ1n) is 13.4. The first-order chi connectivity index (χ1) is 19.3. The third kappa shape index (κ3) is 7.21. The summed E-state index contributed by atoms with van der Waals surface area (Å²) in [5.74, 6) is 1.76. The standard InChI is InChI=1S/C31H36BrN3O5/c1-21(2)20-33-35-30(37)31(19-22-8-12-25(32)13-9-22)28(24-6-4-7-27(18-24)38-3)40-29(34-31)23-10-14-26(15-11-23)39-17-5-16-36/h4,6-15,18,21,28,33,36H,5,16-17,19-20H2,1-3H3,(H,35,37)/t28-,31-/m0/s1. The zero-order valence-electron chi connectivity index (χ0n) is 23.0. The largest absolute Gasteiger partial charge is 0.497 e. The van der Waals surface area contributed by atoms with Crippen LogP contribution in [0.4, 0.5) is 0 Å². The monoisotopic (exact) mass is 609 g/mol. The molecule has 1 aliphatic rings. The van der Waals surface area contributed by atoms with Crippen molar-refractivity contribution in [3.63, 3.8) is 0 Å². The van der Waals surface area contributed by atoms with E-state index in [1.165, 1.54) is 0 Å². The molecule has 0 spiro atoms. The molecule has 0 aliphatic carbocycles. The maximum absolute atomic E-state index is 14.1. The van der Waals surface area contributed by atoms with Crippen molar-refractivity contribution >= 4 is 27.7 Å². The number of hydrogen-bond acceptors (Lipinski definition) is 7. The number of carbonyl (C=O) groups excluding carboxylic acids is 1. The predicted octanol–water partition coefficient (Wildman–Crippen LogP) is 5.00. The normalized spacial score (nSPS) is 18.2. The number of methoxy groups -OCH3 is 1. The lowest BCUT2D eigenvalue weighted by molar-refractivity contribution is -0.130. The van der Waals surface area contributed by atoms with E-state index in [1.807, 2.05) is 72.8 Å². The Morgan fingerprint density at radius 3 is 2.52 bits per heavy atom. The molecule has 3 aromatic carbocycles. The Hall–Kier alpha value is -3.40. The van der Waals surface area contributed by atoms with E-state index in [1.54, 1.807) is 7.11 Å². The second-order valence-corrected chi connectivity index (χ2v) is 11.0. The summed E-state index contributed by atoms with van der Waals surface area (Å²) in [6, 6.07) is 22.8. The zero-order valence-corrected chi connectivity index (χ0v) is 24.6. The van der Waals surface area contributed by atoms with Gasteiger partial charge in [0, 0.05) is 36.0 Å². The highest BCUT2D eigenvalue weighted by Gasteiger charge is 2.53. The number of amides is 1. The van der Waals surface area contributed by atoms with Gasteiger partial charge in [-0.05, 0) is 65.6 Å². The fraction of sp³-hybridized carbons (Fsp3) is 0.355. The fourth-order valence-corrected chi connectivity index (χ4v) is 4.71. The molecule has 0 saturated heterocycles. The maximum atomic E-state index is 14.1. The van der Waals surface area contributed by atoms with E-state index >= 15 is 0 Å². The van der Waals surface area contributed by atoms with Crippen LogP contribution >= 0.6 is 15.9 Å². The Labute approximate surface area is 243 Å². The van der Waals surface area contributed by atoms with Gasteiger partial charge in [0.2, 0.25) is 5.90 Å². The van der Waals surface area contributed by atoms with Crippen molar-refractivity contribution in [3.8, 4) is 11.5 Å². The summed E-state index contributed by atoms with van der Waals surface area (Å²) in [7, 11) is 1.61. The summed E-state index contributed by atoms with van der Waals surface area (Å²) in [4.78, 5) is 19.1.